The van der Waals surface area contributed by atoms with Crippen molar-refractivity contribution in [3.63, 3.8) is 0 Å². The van der Waals surface area contributed by atoms with Gasteiger partial charge in [-0.25, -0.2) is 9.59 Å². The number of carboxylic acid groups (broad SMARTS) is 1. The molecule has 0 saturated heterocycles. The largest absolute Gasteiger partial charge is 0.480 e. The molecule has 0 aromatic heterocycles. The molecule has 0 fully saturated rings. The summed E-state index contributed by atoms with van der Waals surface area (Å²) in [4.78, 5) is 36.3. The minimum atomic E-state index is -1.25. The van der Waals surface area contributed by atoms with Gasteiger partial charge in [0.05, 0.1) is 6.07 Å². The number of carboxylic acids is 1. The van der Waals surface area contributed by atoms with E-state index in [1.54, 1.807) is 36.4 Å². The topological polar surface area (TPSA) is 129 Å². The van der Waals surface area contributed by atoms with Crippen molar-refractivity contribution in [3.05, 3.63) is 71.8 Å². The third-order valence-corrected chi connectivity index (χ3v) is 4.26. The first-order valence-corrected chi connectivity index (χ1v) is 9.41. The van der Waals surface area contributed by atoms with Crippen LogP contribution in [0.25, 0.3) is 0 Å². The van der Waals surface area contributed by atoms with E-state index in [1.165, 1.54) is 0 Å². The summed E-state index contributed by atoms with van der Waals surface area (Å²) in [6.07, 6.45) is -0.697. The number of aliphatic carboxylic acids is 1. The lowest BCUT2D eigenvalue weighted by molar-refractivity contribution is -0.142. The number of rotatable bonds is 10. The van der Waals surface area contributed by atoms with Crippen LogP contribution in [-0.2, 0) is 27.4 Å². The van der Waals surface area contributed by atoms with Crippen LogP contribution in [0.3, 0.4) is 0 Å². The third kappa shape index (κ3) is 7.64. The van der Waals surface area contributed by atoms with E-state index in [-0.39, 0.29) is 25.9 Å². The Morgan fingerprint density at radius 2 is 1.53 bits per heavy atom. The van der Waals surface area contributed by atoms with Crippen LogP contribution in [0.15, 0.2) is 60.7 Å². The Morgan fingerprint density at radius 1 is 0.933 bits per heavy atom. The Morgan fingerprint density at radius 3 is 2.10 bits per heavy atom. The SMILES string of the molecule is N#CCC[C@H](NC(=O)[C@H](Cc1ccccc1)NC(=O)OCc1ccccc1)C(=O)O. The minimum Gasteiger partial charge on any atom is -0.480 e. The van der Waals surface area contributed by atoms with Gasteiger partial charge in [0.25, 0.3) is 0 Å². The van der Waals surface area contributed by atoms with E-state index in [0.29, 0.717) is 0 Å². The molecule has 3 N–H and O–H groups in total. The minimum absolute atomic E-state index is 0.0207. The van der Waals surface area contributed by atoms with Crippen LogP contribution in [0.4, 0.5) is 4.79 Å². The average molecular weight is 409 g/mol. The molecule has 0 heterocycles. The van der Waals surface area contributed by atoms with Gasteiger partial charge in [0.15, 0.2) is 0 Å². The first-order chi connectivity index (χ1) is 14.5. The summed E-state index contributed by atoms with van der Waals surface area (Å²) in [5.41, 5.74) is 1.57. The van der Waals surface area contributed by atoms with Gasteiger partial charge in [-0.15, -0.1) is 0 Å². The van der Waals surface area contributed by atoms with Crippen molar-refractivity contribution in [2.24, 2.45) is 0 Å². The smallest absolute Gasteiger partial charge is 0.408 e. The summed E-state index contributed by atoms with van der Waals surface area (Å²) >= 11 is 0. The molecule has 2 atom stereocenters. The lowest BCUT2D eigenvalue weighted by Crippen LogP contribution is -2.52. The van der Waals surface area contributed by atoms with Crippen molar-refractivity contribution in [2.45, 2.75) is 38.0 Å². The van der Waals surface area contributed by atoms with E-state index in [4.69, 9.17) is 10.00 Å². The molecule has 0 aliphatic heterocycles. The second kappa shape index (κ2) is 11.9. The van der Waals surface area contributed by atoms with Crippen LogP contribution in [0.2, 0.25) is 0 Å². The van der Waals surface area contributed by atoms with Gasteiger partial charge in [0.1, 0.15) is 18.7 Å². The Labute approximate surface area is 174 Å². The molecular weight excluding hydrogens is 386 g/mol. The Hall–Kier alpha value is -3.86. The standard InChI is InChI=1S/C22H23N3O5/c23-13-7-12-18(21(27)28)24-20(26)19(14-16-8-3-1-4-9-16)25-22(29)30-15-17-10-5-2-6-11-17/h1-6,8-11,18-19H,7,12,14-15H2,(H,24,26)(H,25,29)(H,27,28)/t18-,19-/m0/s1. The molecule has 2 aromatic carbocycles. The zero-order valence-corrected chi connectivity index (χ0v) is 16.3. The zero-order valence-electron chi connectivity index (χ0n) is 16.3. The molecular formula is C22H23N3O5. The zero-order chi connectivity index (χ0) is 21.8. The van der Waals surface area contributed by atoms with E-state index >= 15 is 0 Å². The van der Waals surface area contributed by atoms with Crippen molar-refractivity contribution in [1.82, 2.24) is 10.6 Å². The first-order valence-electron chi connectivity index (χ1n) is 9.41. The van der Waals surface area contributed by atoms with Gasteiger partial charge in [-0.05, 0) is 17.5 Å². The van der Waals surface area contributed by atoms with Crippen LogP contribution >= 0.6 is 0 Å². The number of ether oxygens (including phenoxy) is 1. The number of nitrogens with one attached hydrogen (secondary N) is 2. The van der Waals surface area contributed by atoms with E-state index in [9.17, 15) is 19.5 Å². The van der Waals surface area contributed by atoms with Crippen molar-refractivity contribution in [1.29, 1.82) is 5.26 Å². The number of nitrogens with zero attached hydrogens (tertiary/aromatic N) is 1. The van der Waals surface area contributed by atoms with Crippen molar-refractivity contribution in [2.75, 3.05) is 0 Å². The van der Waals surface area contributed by atoms with E-state index < -0.39 is 30.1 Å². The van der Waals surface area contributed by atoms with Gasteiger partial charge >= 0.3 is 12.1 Å². The highest BCUT2D eigenvalue weighted by Gasteiger charge is 2.27. The molecule has 2 amide bonds. The van der Waals surface area contributed by atoms with Crippen LogP contribution < -0.4 is 10.6 Å². The Balaban J connectivity index is 2.05. The van der Waals surface area contributed by atoms with Crippen LogP contribution in [0.1, 0.15) is 24.0 Å². The molecule has 2 rings (SSSR count). The second-order valence-corrected chi connectivity index (χ2v) is 6.54. The molecule has 0 aliphatic rings. The summed E-state index contributed by atoms with van der Waals surface area (Å²) in [7, 11) is 0. The quantitative estimate of drug-likeness (QED) is 0.553. The average Bonchev–Trinajstić information content (AvgIpc) is 2.76. The summed E-state index contributed by atoms with van der Waals surface area (Å²) in [5, 5.41) is 22.8. The molecule has 0 radical (unpaired) electrons. The van der Waals surface area contributed by atoms with Gasteiger partial charge in [-0.1, -0.05) is 60.7 Å². The first kappa shape index (κ1) is 22.4. The summed E-state index contributed by atoms with van der Waals surface area (Å²) in [5.74, 6) is -1.91. The molecule has 0 unspecified atom stereocenters. The predicted molar refractivity (Wildman–Crippen MR) is 108 cm³/mol. The summed E-state index contributed by atoms with van der Waals surface area (Å²) < 4.78 is 5.17. The van der Waals surface area contributed by atoms with Gasteiger partial charge in [-0.3, -0.25) is 4.79 Å². The maximum atomic E-state index is 12.7. The lowest BCUT2D eigenvalue weighted by atomic mass is 10.0. The molecule has 8 heteroatoms. The molecule has 0 aliphatic carbocycles. The molecule has 8 nitrogen and oxygen atoms in total. The number of hydrogen-bond acceptors (Lipinski definition) is 5. The molecule has 2 aromatic rings. The molecule has 30 heavy (non-hydrogen) atoms. The Kier molecular flexibility index (Phi) is 8.87. The number of nitriles is 1. The highest BCUT2D eigenvalue weighted by molar-refractivity contribution is 5.89. The normalized spacial score (nSPS) is 12.1. The van der Waals surface area contributed by atoms with E-state index in [2.05, 4.69) is 10.6 Å². The molecule has 0 saturated carbocycles. The summed E-state index contributed by atoms with van der Waals surface area (Å²) in [6, 6.07) is 17.7. The number of benzene rings is 2. The van der Waals surface area contributed by atoms with Crippen molar-refractivity contribution < 1.29 is 24.2 Å². The third-order valence-electron chi connectivity index (χ3n) is 4.26. The highest BCUT2D eigenvalue weighted by atomic mass is 16.5. The van der Waals surface area contributed by atoms with Gasteiger partial charge in [0.2, 0.25) is 5.91 Å². The lowest BCUT2D eigenvalue weighted by Gasteiger charge is -2.21. The maximum Gasteiger partial charge on any atom is 0.408 e. The maximum absolute atomic E-state index is 12.7. The van der Waals surface area contributed by atoms with E-state index in [1.807, 2.05) is 30.3 Å². The fourth-order valence-corrected chi connectivity index (χ4v) is 2.70. The van der Waals surface area contributed by atoms with Crippen molar-refractivity contribution in [3.8, 4) is 6.07 Å². The molecule has 0 bridgehead atoms. The van der Waals surface area contributed by atoms with Crippen LogP contribution in [-0.4, -0.2) is 35.2 Å². The van der Waals surface area contributed by atoms with E-state index in [0.717, 1.165) is 11.1 Å². The molecule has 156 valence electrons. The Bertz CT molecular complexity index is 881. The van der Waals surface area contributed by atoms with Gasteiger partial charge in [0, 0.05) is 12.8 Å². The fourth-order valence-electron chi connectivity index (χ4n) is 2.70. The number of alkyl carbamates (subject to hydrolysis) is 1. The van der Waals surface area contributed by atoms with Crippen LogP contribution in [0.5, 0.6) is 0 Å². The predicted octanol–water partition coefficient (Wildman–Crippen LogP) is 2.40. The van der Waals surface area contributed by atoms with Gasteiger partial charge < -0.3 is 20.5 Å². The monoisotopic (exact) mass is 409 g/mol. The number of carbonyl (C=O) groups is 3. The summed E-state index contributed by atoms with van der Waals surface area (Å²) in [6.45, 7) is 0.0340. The second-order valence-electron chi connectivity index (χ2n) is 6.54. The number of hydrogen-bond donors (Lipinski definition) is 3. The van der Waals surface area contributed by atoms with Gasteiger partial charge in [-0.2, -0.15) is 5.26 Å². The highest BCUT2D eigenvalue weighted by Crippen LogP contribution is 2.07. The number of amides is 2. The molecule has 0 spiro atoms. The number of carbonyl (C=O) groups excluding carboxylic acids is 2. The van der Waals surface area contributed by atoms with Crippen LogP contribution in [0, 0.1) is 11.3 Å². The fraction of sp³-hybridized carbons (Fsp3) is 0.273. The van der Waals surface area contributed by atoms with Crippen molar-refractivity contribution >= 4 is 18.0 Å².